The van der Waals surface area contributed by atoms with Gasteiger partial charge in [0.1, 0.15) is 5.76 Å². The van der Waals surface area contributed by atoms with E-state index in [0.717, 1.165) is 44.1 Å². The summed E-state index contributed by atoms with van der Waals surface area (Å²) < 4.78 is 5.42. The number of aromatic nitrogens is 1. The summed E-state index contributed by atoms with van der Waals surface area (Å²) in [6.07, 6.45) is 8.43. The van der Waals surface area contributed by atoms with Gasteiger partial charge in [0.15, 0.2) is 5.96 Å². The Bertz CT molecular complexity index is 885. The van der Waals surface area contributed by atoms with Gasteiger partial charge in [-0.2, -0.15) is 0 Å². The van der Waals surface area contributed by atoms with Gasteiger partial charge in [-0.15, -0.1) is 35.3 Å². The van der Waals surface area contributed by atoms with Crippen LogP contribution in [0.4, 0.5) is 0 Å². The second kappa shape index (κ2) is 12.1. The number of nitrogens with zero attached hydrogens (tertiary/aromatic N) is 2. The van der Waals surface area contributed by atoms with Crippen molar-refractivity contribution < 1.29 is 4.42 Å². The molecule has 0 fully saturated rings. The Morgan fingerprint density at radius 1 is 1.00 bits per heavy atom. The van der Waals surface area contributed by atoms with Crippen molar-refractivity contribution in [3.8, 4) is 0 Å². The molecule has 1 aliphatic rings. The summed E-state index contributed by atoms with van der Waals surface area (Å²) in [4.78, 5) is 11.1. The maximum Gasteiger partial charge on any atom is 0.191 e. The van der Waals surface area contributed by atoms with E-state index in [9.17, 15) is 0 Å². The van der Waals surface area contributed by atoms with Crippen molar-refractivity contribution in [2.45, 2.75) is 45.1 Å². The Morgan fingerprint density at radius 2 is 1.80 bits per heavy atom. The number of benzene rings is 1. The Labute approximate surface area is 199 Å². The highest BCUT2D eigenvalue weighted by atomic mass is 127. The van der Waals surface area contributed by atoms with Gasteiger partial charge in [0, 0.05) is 30.8 Å². The van der Waals surface area contributed by atoms with Crippen LogP contribution in [0.5, 0.6) is 0 Å². The number of aryl methyl sites for hydroxylation is 2. The molecule has 5 nitrogen and oxygen atoms in total. The quantitative estimate of drug-likeness (QED) is 0.248. The number of fused-ring (bicyclic) bond motifs is 1. The Morgan fingerprint density at radius 3 is 2.57 bits per heavy atom. The van der Waals surface area contributed by atoms with Gasteiger partial charge in [-0.05, 0) is 43.4 Å². The van der Waals surface area contributed by atoms with Crippen molar-refractivity contribution in [1.29, 1.82) is 0 Å². The molecule has 0 saturated carbocycles. The van der Waals surface area contributed by atoms with Crippen LogP contribution in [0, 0.1) is 0 Å². The monoisotopic (exact) mass is 536 g/mol. The largest absolute Gasteiger partial charge is 0.469 e. The molecule has 30 heavy (non-hydrogen) atoms. The molecule has 1 aliphatic carbocycles. The van der Waals surface area contributed by atoms with Crippen molar-refractivity contribution in [3.05, 3.63) is 75.6 Å². The summed E-state index contributed by atoms with van der Waals surface area (Å²) in [7, 11) is 0. The van der Waals surface area contributed by atoms with Crippen LogP contribution in [0.1, 0.15) is 39.7 Å². The zero-order valence-electron chi connectivity index (χ0n) is 17.1. The van der Waals surface area contributed by atoms with Crippen LogP contribution in [0.15, 0.2) is 58.1 Å². The molecule has 4 rings (SSSR count). The average molecular weight is 536 g/mol. The minimum atomic E-state index is 0. The molecule has 0 aliphatic heterocycles. The molecule has 2 aromatic heterocycles. The van der Waals surface area contributed by atoms with Crippen molar-refractivity contribution in [1.82, 2.24) is 15.6 Å². The number of aliphatic imine (C=N–C) groups is 1. The third-order valence-corrected chi connectivity index (χ3v) is 6.24. The number of hydrogen-bond acceptors (Lipinski definition) is 4. The lowest BCUT2D eigenvalue weighted by Gasteiger charge is -2.12. The maximum atomic E-state index is 5.42. The van der Waals surface area contributed by atoms with E-state index < -0.39 is 0 Å². The first kappa shape index (κ1) is 22.8. The van der Waals surface area contributed by atoms with Gasteiger partial charge in [0.2, 0.25) is 0 Å². The van der Waals surface area contributed by atoms with E-state index in [-0.39, 0.29) is 24.0 Å². The van der Waals surface area contributed by atoms with E-state index in [4.69, 9.17) is 14.4 Å². The summed E-state index contributed by atoms with van der Waals surface area (Å²) in [6, 6.07) is 14.3. The van der Waals surface area contributed by atoms with Crippen LogP contribution in [0.25, 0.3) is 0 Å². The molecule has 2 heterocycles. The van der Waals surface area contributed by atoms with Crippen LogP contribution in [0.3, 0.4) is 0 Å². The summed E-state index contributed by atoms with van der Waals surface area (Å²) in [5, 5.41) is 8.14. The third-order valence-electron chi connectivity index (χ3n) is 5.03. The van der Waals surface area contributed by atoms with E-state index in [2.05, 4.69) is 22.8 Å². The van der Waals surface area contributed by atoms with Crippen LogP contribution in [-0.2, 0) is 32.2 Å². The maximum absolute atomic E-state index is 5.42. The highest BCUT2D eigenvalue weighted by Crippen LogP contribution is 2.26. The second-order valence-electron chi connectivity index (χ2n) is 7.27. The standard InChI is InChI=1S/C23H28N4OS.HI/c1-2-7-18(8-3-1)17-26-23(24-14-12-19-9-6-16-28-19)25-15-13-22-27-20-10-4-5-11-21(20)29-22;/h1-3,6-9,16H,4-5,10-15,17H2,(H2,24,25,26);1H. The fourth-order valence-electron chi connectivity index (χ4n) is 3.49. The second-order valence-corrected chi connectivity index (χ2v) is 8.44. The van der Waals surface area contributed by atoms with Crippen LogP contribution >= 0.6 is 35.3 Å². The topological polar surface area (TPSA) is 62.5 Å². The first-order valence-electron chi connectivity index (χ1n) is 10.4. The van der Waals surface area contributed by atoms with Crippen molar-refractivity contribution >= 4 is 41.3 Å². The average Bonchev–Trinajstić information content (AvgIpc) is 3.41. The van der Waals surface area contributed by atoms with Crippen molar-refractivity contribution in [2.75, 3.05) is 13.1 Å². The number of rotatable bonds is 8. The lowest BCUT2D eigenvalue weighted by Crippen LogP contribution is -2.39. The van der Waals surface area contributed by atoms with Crippen LogP contribution < -0.4 is 10.6 Å². The molecule has 0 saturated heterocycles. The van der Waals surface area contributed by atoms with Gasteiger partial charge in [0.05, 0.1) is 23.5 Å². The fourth-order valence-corrected chi connectivity index (χ4v) is 4.64. The first-order chi connectivity index (χ1) is 14.4. The summed E-state index contributed by atoms with van der Waals surface area (Å²) in [5.74, 6) is 1.81. The van der Waals surface area contributed by atoms with E-state index in [1.165, 1.54) is 40.4 Å². The summed E-state index contributed by atoms with van der Waals surface area (Å²) >= 11 is 1.89. The molecule has 1 aromatic carbocycles. The molecule has 0 spiro atoms. The highest BCUT2D eigenvalue weighted by molar-refractivity contribution is 14.0. The van der Waals surface area contributed by atoms with Gasteiger partial charge in [-0.1, -0.05) is 30.3 Å². The first-order valence-corrected chi connectivity index (χ1v) is 11.2. The predicted molar refractivity (Wildman–Crippen MR) is 134 cm³/mol. The lowest BCUT2D eigenvalue weighted by atomic mass is 10.0. The number of thiazole rings is 1. The highest BCUT2D eigenvalue weighted by Gasteiger charge is 2.14. The van der Waals surface area contributed by atoms with Crippen LogP contribution in [0.2, 0.25) is 0 Å². The normalized spacial score (nSPS) is 13.4. The van der Waals surface area contributed by atoms with Crippen molar-refractivity contribution in [3.63, 3.8) is 0 Å². The Balaban J connectivity index is 0.00000256. The lowest BCUT2D eigenvalue weighted by molar-refractivity contribution is 0.506. The number of nitrogens with one attached hydrogen (secondary N) is 2. The minimum Gasteiger partial charge on any atom is -0.469 e. The number of hydrogen-bond donors (Lipinski definition) is 2. The fraction of sp³-hybridized carbons (Fsp3) is 0.391. The van der Waals surface area contributed by atoms with E-state index >= 15 is 0 Å². The van der Waals surface area contributed by atoms with E-state index in [1.807, 2.05) is 41.7 Å². The number of halogens is 1. The smallest absolute Gasteiger partial charge is 0.191 e. The van der Waals surface area contributed by atoms with Gasteiger partial charge in [-0.3, -0.25) is 0 Å². The molecule has 0 radical (unpaired) electrons. The van der Waals surface area contributed by atoms with Crippen molar-refractivity contribution in [2.24, 2.45) is 4.99 Å². The molecule has 0 amide bonds. The summed E-state index contributed by atoms with van der Waals surface area (Å²) in [6.45, 7) is 2.26. The summed E-state index contributed by atoms with van der Waals surface area (Å²) in [5.41, 5.74) is 2.54. The molecule has 3 aromatic rings. The molecular formula is C23H29IN4OS. The molecule has 7 heteroatoms. The van der Waals surface area contributed by atoms with E-state index in [1.54, 1.807) is 6.26 Å². The zero-order valence-corrected chi connectivity index (χ0v) is 20.2. The van der Waals surface area contributed by atoms with Gasteiger partial charge in [-0.25, -0.2) is 9.98 Å². The number of furan rings is 1. The molecule has 160 valence electrons. The van der Waals surface area contributed by atoms with Crippen LogP contribution in [-0.4, -0.2) is 24.0 Å². The Kier molecular flexibility index (Phi) is 9.20. The number of guanidine groups is 1. The Hall–Kier alpha value is -1.87. The minimum absolute atomic E-state index is 0. The predicted octanol–water partition coefficient (Wildman–Crippen LogP) is 4.75. The molecule has 0 atom stereocenters. The zero-order chi connectivity index (χ0) is 19.7. The van der Waals surface area contributed by atoms with E-state index in [0.29, 0.717) is 6.54 Å². The molecular weight excluding hydrogens is 507 g/mol. The molecule has 0 bridgehead atoms. The third kappa shape index (κ3) is 6.84. The molecule has 2 N–H and O–H groups in total. The molecule has 0 unspecified atom stereocenters. The van der Waals surface area contributed by atoms with Gasteiger partial charge < -0.3 is 15.1 Å². The van der Waals surface area contributed by atoms with Gasteiger partial charge in [0.25, 0.3) is 0 Å². The SMILES string of the molecule is I.c1ccc(CN=C(NCCc2ccco2)NCCc2nc3c(s2)CCCC3)cc1. The van der Waals surface area contributed by atoms with Gasteiger partial charge >= 0.3 is 0 Å².